The molecule has 6 atom stereocenters. The molecule has 176 valence electrons. The van der Waals surface area contributed by atoms with E-state index in [1.54, 1.807) is 13.8 Å². The summed E-state index contributed by atoms with van der Waals surface area (Å²) in [5.41, 5.74) is 0.899. The lowest BCUT2D eigenvalue weighted by Gasteiger charge is -2.29. The first-order valence-corrected chi connectivity index (χ1v) is 10.9. The maximum atomic E-state index is 13.2. The maximum absolute atomic E-state index is 13.2. The van der Waals surface area contributed by atoms with Crippen molar-refractivity contribution in [3.8, 4) is 0 Å². The Hall–Kier alpha value is -2.04. The summed E-state index contributed by atoms with van der Waals surface area (Å²) in [7, 11) is 0. The molecule has 0 spiro atoms. The lowest BCUT2D eigenvalue weighted by Crippen LogP contribution is -2.49. The van der Waals surface area contributed by atoms with Gasteiger partial charge in [-0.3, -0.25) is 4.79 Å². The Balaban J connectivity index is 1.53. The van der Waals surface area contributed by atoms with Crippen molar-refractivity contribution in [1.82, 2.24) is 5.32 Å². The van der Waals surface area contributed by atoms with Crippen molar-refractivity contribution >= 4 is 11.9 Å². The molecule has 9 heteroatoms. The maximum Gasteiger partial charge on any atom is 0.329 e. The van der Waals surface area contributed by atoms with Crippen LogP contribution in [-0.4, -0.2) is 66.8 Å². The number of amides is 1. The predicted molar refractivity (Wildman–Crippen MR) is 111 cm³/mol. The number of carbonyl (C=O) groups excluding carboxylic acids is 2. The van der Waals surface area contributed by atoms with Crippen molar-refractivity contribution in [3.05, 3.63) is 35.9 Å². The highest BCUT2D eigenvalue weighted by Crippen LogP contribution is 2.42. The van der Waals surface area contributed by atoms with Gasteiger partial charge in [0.05, 0.1) is 6.61 Å². The molecule has 3 saturated heterocycles. The van der Waals surface area contributed by atoms with Crippen molar-refractivity contribution in [2.75, 3.05) is 6.61 Å². The average Bonchev–Trinajstić information content (AvgIpc) is 3.31. The van der Waals surface area contributed by atoms with Gasteiger partial charge >= 0.3 is 5.97 Å². The molecule has 1 N–H and O–H groups in total. The van der Waals surface area contributed by atoms with Gasteiger partial charge in [0.1, 0.15) is 18.2 Å². The minimum Gasteiger partial charge on any atom is -0.455 e. The highest BCUT2D eigenvalue weighted by atomic mass is 16.8. The second-order valence-electron chi connectivity index (χ2n) is 9.28. The second kappa shape index (κ2) is 8.72. The Morgan fingerprint density at radius 2 is 1.78 bits per heavy atom. The van der Waals surface area contributed by atoms with Gasteiger partial charge in [0.15, 0.2) is 30.1 Å². The van der Waals surface area contributed by atoms with E-state index in [9.17, 15) is 9.59 Å². The van der Waals surface area contributed by atoms with Crippen LogP contribution in [0.15, 0.2) is 30.3 Å². The van der Waals surface area contributed by atoms with Crippen molar-refractivity contribution in [2.45, 2.75) is 89.4 Å². The minimum atomic E-state index is -0.877. The third kappa shape index (κ3) is 5.13. The lowest BCUT2D eigenvalue weighted by molar-refractivity contribution is -0.235. The predicted octanol–water partition coefficient (Wildman–Crippen LogP) is 1.67. The van der Waals surface area contributed by atoms with Crippen LogP contribution in [0, 0.1) is 0 Å². The summed E-state index contributed by atoms with van der Waals surface area (Å²) in [6, 6.07) is 8.57. The number of fused-ring (bicyclic) bond motifs is 1. The first-order valence-electron chi connectivity index (χ1n) is 10.9. The first kappa shape index (κ1) is 23.1. The van der Waals surface area contributed by atoms with Gasteiger partial charge in [-0.15, -0.1) is 0 Å². The van der Waals surface area contributed by atoms with Crippen LogP contribution >= 0.6 is 0 Å². The molecular weight excluding hydrogens is 418 g/mol. The largest absolute Gasteiger partial charge is 0.455 e. The van der Waals surface area contributed by atoms with E-state index in [0.717, 1.165) is 5.56 Å². The number of rotatable bonds is 6. The van der Waals surface area contributed by atoms with Crippen LogP contribution in [0.1, 0.15) is 40.2 Å². The highest BCUT2D eigenvalue weighted by molar-refractivity contribution is 5.83. The van der Waals surface area contributed by atoms with Crippen molar-refractivity contribution in [1.29, 1.82) is 0 Å². The second-order valence-corrected chi connectivity index (χ2v) is 9.28. The number of benzene rings is 1. The molecule has 32 heavy (non-hydrogen) atoms. The zero-order valence-corrected chi connectivity index (χ0v) is 19.0. The summed E-state index contributed by atoms with van der Waals surface area (Å²) in [5.74, 6) is -2.54. The first-order chi connectivity index (χ1) is 15.0. The van der Waals surface area contributed by atoms with E-state index in [4.69, 9.17) is 28.4 Å². The highest BCUT2D eigenvalue weighted by Gasteiger charge is 2.60. The molecule has 9 nitrogen and oxygen atoms in total. The monoisotopic (exact) mass is 449 g/mol. The molecular formula is C23H31NO8. The number of esters is 1. The topological polar surface area (TPSA) is 102 Å². The summed E-state index contributed by atoms with van der Waals surface area (Å²) in [6.07, 6.45) is -2.92. The van der Waals surface area contributed by atoms with Gasteiger partial charge in [-0.05, 0) is 33.3 Å². The van der Waals surface area contributed by atoms with Gasteiger partial charge < -0.3 is 33.7 Å². The van der Waals surface area contributed by atoms with Crippen LogP contribution in [0.2, 0.25) is 0 Å². The Bertz CT molecular complexity index is 842. The number of ether oxygens (including phenoxy) is 6. The number of hydrogen-bond donors (Lipinski definition) is 1. The van der Waals surface area contributed by atoms with E-state index in [1.165, 1.54) is 6.92 Å². The fourth-order valence-electron chi connectivity index (χ4n) is 4.32. The molecule has 3 heterocycles. The fourth-order valence-corrected chi connectivity index (χ4v) is 4.32. The molecule has 1 amide bonds. The zero-order chi connectivity index (χ0) is 23.1. The molecule has 3 aliphatic rings. The summed E-state index contributed by atoms with van der Waals surface area (Å²) < 4.78 is 35.5. The molecule has 1 aromatic carbocycles. The number of carbonyl (C=O) groups is 2. The fraction of sp³-hybridized carbons (Fsp3) is 0.652. The average molecular weight is 450 g/mol. The molecule has 3 fully saturated rings. The van der Waals surface area contributed by atoms with E-state index < -0.39 is 54.3 Å². The van der Waals surface area contributed by atoms with Gasteiger partial charge in [-0.1, -0.05) is 30.3 Å². The third-order valence-corrected chi connectivity index (χ3v) is 5.62. The Kier molecular flexibility index (Phi) is 6.30. The van der Waals surface area contributed by atoms with E-state index in [2.05, 4.69) is 5.32 Å². The normalized spacial score (nSPS) is 33.5. The van der Waals surface area contributed by atoms with E-state index in [0.29, 0.717) is 6.42 Å². The van der Waals surface area contributed by atoms with Crippen molar-refractivity contribution in [2.24, 2.45) is 0 Å². The van der Waals surface area contributed by atoms with E-state index in [-0.39, 0.29) is 12.5 Å². The molecule has 0 aromatic heterocycles. The Morgan fingerprint density at radius 3 is 2.41 bits per heavy atom. The summed E-state index contributed by atoms with van der Waals surface area (Å²) in [6.45, 7) is 8.82. The zero-order valence-electron chi connectivity index (χ0n) is 19.0. The van der Waals surface area contributed by atoms with Gasteiger partial charge in [-0.2, -0.15) is 0 Å². The quantitative estimate of drug-likeness (QED) is 0.655. The van der Waals surface area contributed by atoms with Crippen LogP contribution in [0.4, 0.5) is 0 Å². The standard InChI is InChI=1S/C23H31NO8/c1-13(25)24-15(11-14-9-7-6-8-10-14)20(26)28-18-17(16-12-27-22(2,3)30-16)29-21-19(18)31-23(4,5)32-21/h6-10,15-19,21H,11-12H2,1-5H3,(H,24,25)/t15-,16+,17+,18-,19+,21+/m0/s1. The molecule has 0 radical (unpaired) electrons. The Morgan fingerprint density at radius 1 is 1.06 bits per heavy atom. The van der Waals surface area contributed by atoms with E-state index in [1.807, 2.05) is 44.2 Å². The number of nitrogens with one attached hydrogen (secondary N) is 1. The molecule has 1 aromatic rings. The van der Waals surface area contributed by atoms with Gasteiger partial charge in [0.25, 0.3) is 0 Å². The van der Waals surface area contributed by atoms with Gasteiger partial charge in [-0.25, -0.2) is 4.79 Å². The van der Waals surface area contributed by atoms with Crippen LogP contribution in [0.5, 0.6) is 0 Å². The smallest absolute Gasteiger partial charge is 0.329 e. The number of hydrogen-bond acceptors (Lipinski definition) is 8. The van der Waals surface area contributed by atoms with Crippen LogP contribution in [0.3, 0.4) is 0 Å². The van der Waals surface area contributed by atoms with Gasteiger partial charge in [0.2, 0.25) is 5.91 Å². The molecule has 3 aliphatic heterocycles. The van der Waals surface area contributed by atoms with Crippen LogP contribution in [-0.2, 0) is 44.4 Å². The summed E-state index contributed by atoms with van der Waals surface area (Å²) in [5, 5.41) is 2.69. The minimum absolute atomic E-state index is 0.285. The lowest BCUT2D eigenvalue weighted by atomic mass is 10.0. The molecule has 0 unspecified atom stereocenters. The van der Waals surface area contributed by atoms with Crippen molar-refractivity contribution in [3.63, 3.8) is 0 Å². The van der Waals surface area contributed by atoms with E-state index >= 15 is 0 Å². The van der Waals surface area contributed by atoms with Crippen LogP contribution < -0.4 is 5.32 Å². The SMILES string of the molecule is CC(=O)N[C@@H](Cc1ccccc1)C(=O)O[C@@H]1[C@H]2OC(C)(C)O[C@H]2O[C@@H]1[C@H]1COC(C)(C)O1. The Labute approximate surface area is 187 Å². The molecule has 0 saturated carbocycles. The summed E-state index contributed by atoms with van der Waals surface area (Å²) in [4.78, 5) is 25.0. The molecule has 0 bridgehead atoms. The third-order valence-electron chi connectivity index (χ3n) is 5.62. The van der Waals surface area contributed by atoms with Crippen molar-refractivity contribution < 1.29 is 38.0 Å². The summed E-state index contributed by atoms with van der Waals surface area (Å²) >= 11 is 0. The van der Waals surface area contributed by atoms with Crippen LogP contribution in [0.25, 0.3) is 0 Å². The molecule has 0 aliphatic carbocycles. The molecule has 4 rings (SSSR count). The van der Waals surface area contributed by atoms with Gasteiger partial charge in [0, 0.05) is 13.3 Å².